The Morgan fingerprint density at radius 2 is 2.33 bits per heavy atom. The Labute approximate surface area is 82.7 Å². The summed E-state index contributed by atoms with van der Waals surface area (Å²) >= 11 is 12.1. The van der Waals surface area contributed by atoms with Crippen LogP contribution in [0.5, 0.6) is 0 Å². The van der Waals surface area contributed by atoms with Crippen LogP contribution in [0.1, 0.15) is 16.9 Å². The minimum atomic E-state index is -0.398. The van der Waals surface area contributed by atoms with Gasteiger partial charge in [0.2, 0.25) is 0 Å². The molecule has 0 saturated heterocycles. The van der Waals surface area contributed by atoms with E-state index in [1.54, 1.807) is 6.07 Å². The molecule has 0 bridgehead atoms. The van der Waals surface area contributed by atoms with Gasteiger partial charge in [0.05, 0.1) is 6.07 Å². The van der Waals surface area contributed by atoms with E-state index in [9.17, 15) is 4.79 Å². The third kappa shape index (κ3) is 1.75. The number of Topliss-reactive ketones (excluding diaryl/α,β-unsaturated/α-hetero) is 1. The maximum absolute atomic E-state index is 11.1. The van der Waals surface area contributed by atoms with Crippen LogP contribution >= 0.6 is 34.7 Å². The summed E-state index contributed by atoms with van der Waals surface area (Å²) in [6.07, 6.45) is -0.222. The molecule has 0 aromatic carbocycles. The van der Waals surface area contributed by atoms with Crippen molar-refractivity contribution in [1.82, 2.24) is 4.37 Å². The highest BCUT2D eigenvalue weighted by Gasteiger charge is 2.16. The first-order chi connectivity index (χ1) is 5.66. The van der Waals surface area contributed by atoms with Crippen LogP contribution in [0.3, 0.4) is 0 Å². The Morgan fingerprint density at radius 1 is 1.67 bits per heavy atom. The Hall–Kier alpha value is -0.630. The fourth-order valence-electron chi connectivity index (χ4n) is 0.588. The topological polar surface area (TPSA) is 53.8 Å². The quantitative estimate of drug-likeness (QED) is 0.721. The number of hydrogen-bond donors (Lipinski definition) is 0. The molecule has 0 aliphatic heterocycles. The Morgan fingerprint density at radius 3 is 2.75 bits per heavy atom. The molecule has 0 aliphatic rings. The molecule has 6 heteroatoms. The van der Waals surface area contributed by atoms with Crippen molar-refractivity contribution in [2.75, 3.05) is 0 Å². The number of hydrogen-bond acceptors (Lipinski definition) is 4. The lowest BCUT2D eigenvalue weighted by molar-refractivity contribution is 0.0994. The highest BCUT2D eigenvalue weighted by Crippen LogP contribution is 2.29. The second-order valence-electron chi connectivity index (χ2n) is 1.88. The zero-order chi connectivity index (χ0) is 9.14. The Kier molecular flexibility index (Phi) is 3.04. The first kappa shape index (κ1) is 9.46. The largest absolute Gasteiger partial charge is 0.291 e. The van der Waals surface area contributed by atoms with Crippen LogP contribution < -0.4 is 0 Å². The van der Waals surface area contributed by atoms with Crippen LogP contribution in [0, 0.1) is 11.3 Å². The molecule has 0 unspecified atom stereocenters. The summed E-state index contributed by atoms with van der Waals surface area (Å²) in [6, 6.07) is 1.72. The molecular formula is C6H2Cl2N2OS. The van der Waals surface area contributed by atoms with Gasteiger partial charge in [-0.2, -0.15) is 9.64 Å². The Bertz CT molecular complexity index is 355. The molecule has 0 N–H and O–H groups in total. The summed E-state index contributed by atoms with van der Waals surface area (Å²) in [5.41, 5.74) is 0.0909. The number of ketones is 1. The number of carbonyl (C=O) groups is 1. The molecule has 0 fully saturated rings. The van der Waals surface area contributed by atoms with Gasteiger partial charge in [-0.1, -0.05) is 23.2 Å². The van der Waals surface area contributed by atoms with Gasteiger partial charge in [0.25, 0.3) is 0 Å². The highest BCUT2D eigenvalue weighted by molar-refractivity contribution is 7.11. The molecular weight excluding hydrogens is 219 g/mol. The van der Waals surface area contributed by atoms with Crippen molar-refractivity contribution < 1.29 is 4.79 Å². The number of nitriles is 1. The fourth-order valence-corrected chi connectivity index (χ4v) is 1.62. The van der Waals surface area contributed by atoms with Crippen molar-refractivity contribution in [3.63, 3.8) is 0 Å². The average Bonchev–Trinajstić information content (AvgIpc) is 2.34. The SMILES string of the molecule is N#CCC(=O)c1nsc(Cl)c1Cl. The van der Waals surface area contributed by atoms with Crippen molar-refractivity contribution in [3.05, 3.63) is 15.1 Å². The van der Waals surface area contributed by atoms with Gasteiger partial charge in [-0.15, -0.1) is 0 Å². The van der Waals surface area contributed by atoms with Gasteiger partial charge in [0.15, 0.2) is 5.78 Å². The summed E-state index contributed by atoms with van der Waals surface area (Å²) in [6.45, 7) is 0. The van der Waals surface area contributed by atoms with Crippen molar-refractivity contribution >= 4 is 40.5 Å². The normalized spacial score (nSPS) is 9.42. The molecule has 0 saturated carbocycles. The molecule has 0 amide bonds. The zero-order valence-corrected chi connectivity index (χ0v) is 8.00. The van der Waals surface area contributed by atoms with Crippen LogP contribution in [-0.4, -0.2) is 10.2 Å². The predicted molar refractivity (Wildman–Crippen MR) is 46.7 cm³/mol. The molecule has 62 valence electrons. The molecule has 1 aromatic heterocycles. The number of nitrogens with zero attached hydrogens (tertiary/aromatic N) is 2. The minimum Gasteiger partial charge on any atom is -0.291 e. The molecule has 3 nitrogen and oxygen atoms in total. The summed E-state index contributed by atoms with van der Waals surface area (Å²) in [5.74, 6) is -0.398. The van der Waals surface area contributed by atoms with Crippen molar-refractivity contribution in [2.45, 2.75) is 6.42 Å². The molecule has 0 aliphatic carbocycles. The van der Waals surface area contributed by atoms with E-state index in [1.807, 2.05) is 0 Å². The van der Waals surface area contributed by atoms with Gasteiger partial charge in [-0.25, -0.2) is 0 Å². The van der Waals surface area contributed by atoms with E-state index < -0.39 is 5.78 Å². The summed E-state index contributed by atoms with van der Waals surface area (Å²) in [5, 5.41) is 8.37. The summed E-state index contributed by atoms with van der Waals surface area (Å²) in [7, 11) is 0. The molecule has 0 atom stereocenters. The second-order valence-corrected chi connectivity index (χ2v) is 3.63. The van der Waals surface area contributed by atoms with Crippen LogP contribution in [0.2, 0.25) is 9.36 Å². The predicted octanol–water partition coefficient (Wildman–Crippen LogP) is 2.55. The van der Waals surface area contributed by atoms with Crippen LogP contribution in [0.4, 0.5) is 0 Å². The van der Waals surface area contributed by atoms with Crippen molar-refractivity contribution in [1.29, 1.82) is 5.26 Å². The van der Waals surface area contributed by atoms with E-state index in [1.165, 1.54) is 0 Å². The van der Waals surface area contributed by atoms with Crippen molar-refractivity contribution in [2.24, 2.45) is 0 Å². The molecule has 12 heavy (non-hydrogen) atoms. The molecule has 1 rings (SSSR count). The van der Waals surface area contributed by atoms with E-state index in [-0.39, 0.29) is 21.5 Å². The molecule has 0 radical (unpaired) electrons. The lowest BCUT2D eigenvalue weighted by Crippen LogP contribution is -1.97. The van der Waals surface area contributed by atoms with Gasteiger partial charge in [0, 0.05) is 0 Å². The second kappa shape index (κ2) is 3.85. The molecule has 1 aromatic rings. The van der Waals surface area contributed by atoms with Gasteiger partial charge in [-0.05, 0) is 11.5 Å². The minimum absolute atomic E-state index is 0.0909. The van der Waals surface area contributed by atoms with Gasteiger partial charge in [-0.3, -0.25) is 4.79 Å². The number of aromatic nitrogens is 1. The lowest BCUT2D eigenvalue weighted by Gasteiger charge is -1.88. The van der Waals surface area contributed by atoms with Crippen LogP contribution in [-0.2, 0) is 0 Å². The summed E-state index contributed by atoms with van der Waals surface area (Å²) < 4.78 is 3.99. The third-order valence-electron chi connectivity index (χ3n) is 1.10. The maximum atomic E-state index is 11.1. The van der Waals surface area contributed by atoms with E-state index in [0.29, 0.717) is 0 Å². The van der Waals surface area contributed by atoms with Crippen LogP contribution in [0.15, 0.2) is 0 Å². The van der Waals surface area contributed by atoms with Gasteiger partial charge >= 0.3 is 0 Å². The average molecular weight is 221 g/mol. The number of carbonyl (C=O) groups excluding carboxylic acids is 1. The molecule has 1 heterocycles. The van der Waals surface area contributed by atoms with E-state index in [0.717, 1.165) is 11.5 Å². The highest BCUT2D eigenvalue weighted by atomic mass is 35.5. The third-order valence-corrected chi connectivity index (χ3v) is 2.71. The first-order valence-electron chi connectivity index (χ1n) is 2.87. The van der Waals surface area contributed by atoms with E-state index >= 15 is 0 Å². The maximum Gasteiger partial charge on any atom is 0.197 e. The summed E-state index contributed by atoms with van der Waals surface area (Å²) in [4.78, 5) is 11.1. The van der Waals surface area contributed by atoms with E-state index in [4.69, 9.17) is 28.5 Å². The first-order valence-corrected chi connectivity index (χ1v) is 4.40. The van der Waals surface area contributed by atoms with Crippen LogP contribution in [0.25, 0.3) is 0 Å². The van der Waals surface area contributed by atoms with Crippen molar-refractivity contribution in [3.8, 4) is 6.07 Å². The number of halogens is 2. The Balaban J connectivity index is 2.97. The standard InChI is InChI=1S/C6H2Cl2N2OS/c7-4-5(3(11)1-2-9)10-12-6(4)8/h1H2. The van der Waals surface area contributed by atoms with E-state index in [2.05, 4.69) is 4.37 Å². The lowest BCUT2D eigenvalue weighted by atomic mass is 10.2. The van der Waals surface area contributed by atoms with Gasteiger partial charge in [0.1, 0.15) is 21.5 Å². The fraction of sp³-hybridized carbons (Fsp3) is 0.167. The smallest absolute Gasteiger partial charge is 0.197 e. The zero-order valence-electron chi connectivity index (χ0n) is 5.67. The number of rotatable bonds is 2. The van der Waals surface area contributed by atoms with Gasteiger partial charge < -0.3 is 0 Å². The molecule has 0 spiro atoms. The monoisotopic (exact) mass is 220 g/mol.